The van der Waals surface area contributed by atoms with Crippen LogP contribution in [0.2, 0.25) is 0 Å². The molecule has 5 nitrogen and oxygen atoms in total. The molecule has 25 heavy (non-hydrogen) atoms. The largest absolute Gasteiger partial charge is 0.467 e. The predicted octanol–water partition coefficient (Wildman–Crippen LogP) is 3.80. The second-order valence-electron chi connectivity index (χ2n) is 5.65. The molecular weight excluding hydrogens is 433 g/mol. The summed E-state index contributed by atoms with van der Waals surface area (Å²) in [5.41, 5.74) is 4.09. The average molecular weight is 451 g/mol. The third kappa shape index (κ3) is 2.99. The SMILES string of the molecule is COC(=O)[C@@H](CI)N(C(=O)OC)C1c2ccccc2-c2ccccc21. The van der Waals surface area contributed by atoms with Gasteiger partial charge in [-0.3, -0.25) is 4.90 Å². The molecule has 0 bridgehead atoms. The molecule has 3 rings (SSSR count). The van der Waals surface area contributed by atoms with Crippen molar-refractivity contribution >= 4 is 34.7 Å². The van der Waals surface area contributed by atoms with Crippen LogP contribution < -0.4 is 0 Å². The van der Waals surface area contributed by atoms with Gasteiger partial charge >= 0.3 is 12.1 Å². The van der Waals surface area contributed by atoms with E-state index in [2.05, 4.69) is 22.6 Å². The first-order chi connectivity index (χ1) is 12.1. The number of halogens is 1. The van der Waals surface area contributed by atoms with Crippen molar-refractivity contribution in [2.45, 2.75) is 12.1 Å². The Balaban J connectivity index is 2.19. The van der Waals surface area contributed by atoms with Crippen molar-refractivity contribution in [2.24, 2.45) is 0 Å². The minimum Gasteiger partial charge on any atom is -0.467 e. The topological polar surface area (TPSA) is 55.8 Å². The van der Waals surface area contributed by atoms with Gasteiger partial charge < -0.3 is 9.47 Å². The van der Waals surface area contributed by atoms with Crippen molar-refractivity contribution < 1.29 is 19.1 Å². The molecule has 1 amide bonds. The number of benzene rings is 2. The van der Waals surface area contributed by atoms with Gasteiger partial charge in [0.1, 0.15) is 6.04 Å². The third-order valence-corrected chi connectivity index (χ3v) is 5.25. The maximum atomic E-state index is 12.6. The first kappa shape index (κ1) is 17.7. The molecule has 2 aromatic carbocycles. The second-order valence-corrected chi connectivity index (χ2v) is 6.53. The Morgan fingerprint density at radius 3 is 1.96 bits per heavy atom. The van der Waals surface area contributed by atoms with Crippen molar-refractivity contribution in [1.29, 1.82) is 0 Å². The molecule has 2 aromatic rings. The average Bonchev–Trinajstić information content (AvgIpc) is 2.99. The first-order valence-electron chi connectivity index (χ1n) is 7.82. The number of amides is 1. The van der Waals surface area contributed by atoms with Crippen LogP contribution in [-0.4, -0.2) is 41.7 Å². The molecule has 0 heterocycles. The summed E-state index contributed by atoms with van der Waals surface area (Å²) >= 11 is 2.09. The number of hydrogen-bond donors (Lipinski definition) is 0. The first-order valence-corrected chi connectivity index (χ1v) is 9.34. The van der Waals surface area contributed by atoms with Crippen LogP contribution in [0.5, 0.6) is 0 Å². The van der Waals surface area contributed by atoms with Gasteiger partial charge in [0, 0.05) is 4.43 Å². The molecule has 0 radical (unpaired) electrons. The fourth-order valence-electron chi connectivity index (χ4n) is 3.33. The molecular formula is C19H18INO4. The van der Waals surface area contributed by atoms with Crippen molar-refractivity contribution in [3.05, 3.63) is 59.7 Å². The fourth-order valence-corrected chi connectivity index (χ4v) is 4.12. The molecule has 0 fully saturated rings. The van der Waals surface area contributed by atoms with Gasteiger partial charge in [-0.15, -0.1) is 0 Å². The quantitative estimate of drug-likeness (QED) is 0.403. The highest BCUT2D eigenvalue weighted by Crippen LogP contribution is 2.47. The number of ether oxygens (including phenoxy) is 2. The van der Waals surface area contributed by atoms with Crippen molar-refractivity contribution in [3.8, 4) is 11.1 Å². The van der Waals surface area contributed by atoms with Crippen LogP contribution in [0, 0.1) is 0 Å². The smallest absolute Gasteiger partial charge is 0.411 e. The van der Waals surface area contributed by atoms with E-state index in [4.69, 9.17) is 9.47 Å². The Labute approximate surface area is 160 Å². The standard InChI is InChI=1S/C19H18INO4/c1-24-18(22)16(11-20)21(19(23)25-2)17-14-9-5-3-7-12(14)13-8-4-6-10-15(13)17/h3-10,16-17H,11H2,1-2H3/t16-/m1/s1. The van der Waals surface area contributed by atoms with E-state index in [-0.39, 0.29) is 0 Å². The lowest BCUT2D eigenvalue weighted by molar-refractivity contribution is -0.145. The summed E-state index contributed by atoms with van der Waals surface area (Å²) in [4.78, 5) is 26.4. The molecule has 0 unspecified atom stereocenters. The summed E-state index contributed by atoms with van der Waals surface area (Å²) in [6, 6.07) is 14.7. The Morgan fingerprint density at radius 1 is 1.00 bits per heavy atom. The van der Waals surface area contributed by atoms with Crippen LogP contribution in [0.15, 0.2) is 48.5 Å². The van der Waals surface area contributed by atoms with Crippen molar-refractivity contribution in [2.75, 3.05) is 18.6 Å². The number of fused-ring (bicyclic) bond motifs is 3. The Bertz CT molecular complexity index is 762. The Kier molecular flexibility index (Phi) is 5.27. The number of hydrogen-bond acceptors (Lipinski definition) is 4. The van der Waals surface area contributed by atoms with Gasteiger partial charge in [-0.1, -0.05) is 71.1 Å². The van der Waals surface area contributed by atoms with E-state index in [1.807, 2.05) is 48.5 Å². The van der Waals surface area contributed by atoms with Gasteiger partial charge in [-0.05, 0) is 22.3 Å². The minimum atomic E-state index is -0.734. The van der Waals surface area contributed by atoms with Gasteiger partial charge in [-0.25, -0.2) is 9.59 Å². The molecule has 130 valence electrons. The Hall–Kier alpha value is -2.09. The number of esters is 1. The normalized spacial score (nSPS) is 13.6. The maximum Gasteiger partial charge on any atom is 0.411 e. The van der Waals surface area contributed by atoms with E-state index < -0.39 is 24.1 Å². The molecule has 0 saturated heterocycles. The number of nitrogens with zero attached hydrogens (tertiary/aromatic N) is 1. The van der Waals surface area contributed by atoms with Crippen LogP contribution in [0.4, 0.5) is 4.79 Å². The molecule has 0 N–H and O–H groups in total. The van der Waals surface area contributed by atoms with E-state index in [1.165, 1.54) is 19.1 Å². The summed E-state index contributed by atoms with van der Waals surface area (Å²) < 4.78 is 10.3. The highest BCUT2D eigenvalue weighted by Gasteiger charge is 2.42. The van der Waals surface area contributed by atoms with E-state index in [0.29, 0.717) is 4.43 Å². The molecule has 6 heteroatoms. The van der Waals surface area contributed by atoms with E-state index >= 15 is 0 Å². The fraction of sp³-hybridized carbons (Fsp3) is 0.263. The van der Waals surface area contributed by atoms with Crippen LogP contribution in [-0.2, 0) is 14.3 Å². The zero-order valence-corrected chi connectivity index (χ0v) is 16.1. The number of alkyl halides is 1. The monoisotopic (exact) mass is 451 g/mol. The molecule has 0 aliphatic heterocycles. The lowest BCUT2D eigenvalue weighted by atomic mass is 10.0. The Morgan fingerprint density at radius 2 is 1.52 bits per heavy atom. The highest BCUT2D eigenvalue weighted by atomic mass is 127. The van der Waals surface area contributed by atoms with Gasteiger partial charge in [0.15, 0.2) is 0 Å². The summed E-state index contributed by atoms with van der Waals surface area (Å²) in [5.74, 6) is -0.457. The van der Waals surface area contributed by atoms with E-state index in [0.717, 1.165) is 22.3 Å². The minimum absolute atomic E-state index is 0.390. The predicted molar refractivity (Wildman–Crippen MR) is 103 cm³/mol. The summed E-state index contributed by atoms with van der Waals surface area (Å²) in [5, 5.41) is 0. The summed E-state index contributed by atoms with van der Waals surface area (Å²) in [6.07, 6.45) is -0.552. The number of rotatable bonds is 4. The van der Waals surface area contributed by atoms with Crippen LogP contribution in [0.3, 0.4) is 0 Å². The van der Waals surface area contributed by atoms with Gasteiger partial charge in [0.05, 0.1) is 20.3 Å². The van der Waals surface area contributed by atoms with E-state index in [1.54, 1.807) is 0 Å². The van der Waals surface area contributed by atoms with Gasteiger partial charge in [0.2, 0.25) is 0 Å². The van der Waals surface area contributed by atoms with Crippen LogP contribution in [0.25, 0.3) is 11.1 Å². The second kappa shape index (κ2) is 7.43. The lowest BCUT2D eigenvalue weighted by Crippen LogP contribution is -2.48. The zero-order valence-electron chi connectivity index (χ0n) is 13.9. The molecule has 0 spiro atoms. The molecule has 1 atom stereocenters. The number of methoxy groups -OCH3 is 2. The van der Waals surface area contributed by atoms with Gasteiger partial charge in [0.25, 0.3) is 0 Å². The van der Waals surface area contributed by atoms with Crippen LogP contribution >= 0.6 is 22.6 Å². The van der Waals surface area contributed by atoms with E-state index in [9.17, 15) is 9.59 Å². The number of carbonyl (C=O) groups is 2. The number of carbonyl (C=O) groups excluding carboxylic acids is 2. The molecule has 0 aromatic heterocycles. The summed E-state index contributed by atoms with van der Waals surface area (Å²) in [7, 11) is 2.65. The third-order valence-electron chi connectivity index (χ3n) is 4.42. The lowest BCUT2D eigenvalue weighted by Gasteiger charge is -2.33. The van der Waals surface area contributed by atoms with Gasteiger partial charge in [-0.2, -0.15) is 0 Å². The maximum absolute atomic E-state index is 12.6. The van der Waals surface area contributed by atoms with Crippen molar-refractivity contribution in [1.82, 2.24) is 4.90 Å². The van der Waals surface area contributed by atoms with Crippen molar-refractivity contribution in [3.63, 3.8) is 0 Å². The molecule has 0 saturated carbocycles. The molecule has 1 aliphatic rings. The molecule has 1 aliphatic carbocycles. The summed E-state index contributed by atoms with van der Waals surface area (Å²) in [6.45, 7) is 0. The van der Waals surface area contributed by atoms with Crippen LogP contribution in [0.1, 0.15) is 17.2 Å². The highest BCUT2D eigenvalue weighted by molar-refractivity contribution is 14.1. The zero-order chi connectivity index (χ0) is 18.0.